The van der Waals surface area contributed by atoms with Crippen molar-refractivity contribution >= 4 is 11.3 Å². The summed E-state index contributed by atoms with van der Waals surface area (Å²) >= 11 is 1.75. The summed E-state index contributed by atoms with van der Waals surface area (Å²) in [4.78, 5) is 7.16. The van der Waals surface area contributed by atoms with Gasteiger partial charge in [-0.3, -0.25) is 4.90 Å². The molecular weight excluding hydrogens is 256 g/mol. The highest BCUT2D eigenvalue weighted by molar-refractivity contribution is 7.09. The van der Waals surface area contributed by atoms with Crippen LogP contribution in [-0.2, 0) is 12.0 Å². The Morgan fingerprint density at radius 3 is 2.79 bits per heavy atom. The van der Waals surface area contributed by atoms with Crippen LogP contribution >= 0.6 is 11.3 Å². The molecule has 4 heteroatoms. The topological polar surface area (TPSA) is 36.4 Å². The van der Waals surface area contributed by atoms with Crippen LogP contribution in [0.1, 0.15) is 51.2 Å². The largest absolute Gasteiger partial charge is 0.395 e. The van der Waals surface area contributed by atoms with Gasteiger partial charge in [-0.1, -0.05) is 27.7 Å². The fraction of sp³-hybridized carbons (Fsp3) is 0.800. The summed E-state index contributed by atoms with van der Waals surface area (Å²) in [6, 6.07) is 0.300. The Morgan fingerprint density at radius 1 is 1.47 bits per heavy atom. The number of hydrogen-bond acceptors (Lipinski definition) is 4. The third-order valence-corrected chi connectivity index (χ3v) is 5.29. The van der Waals surface area contributed by atoms with Crippen molar-refractivity contribution in [2.75, 3.05) is 13.2 Å². The van der Waals surface area contributed by atoms with E-state index in [0.29, 0.717) is 12.0 Å². The zero-order valence-electron chi connectivity index (χ0n) is 12.5. The van der Waals surface area contributed by atoms with Gasteiger partial charge in [0.2, 0.25) is 0 Å². The SMILES string of the molecule is CC1CCCN(Cc2csc(C(C)(C)C)n2)C1CO. The zero-order chi connectivity index (χ0) is 14.0. The molecule has 0 aliphatic carbocycles. The normalized spacial score (nSPS) is 25.7. The fourth-order valence-corrected chi connectivity index (χ4v) is 3.66. The summed E-state index contributed by atoms with van der Waals surface area (Å²) in [7, 11) is 0. The van der Waals surface area contributed by atoms with Gasteiger partial charge in [0.15, 0.2) is 0 Å². The molecule has 1 aliphatic heterocycles. The molecule has 2 unspecified atom stereocenters. The first kappa shape index (κ1) is 14.9. The first-order valence-electron chi connectivity index (χ1n) is 7.21. The third kappa shape index (κ3) is 3.56. The van der Waals surface area contributed by atoms with E-state index in [4.69, 9.17) is 4.98 Å². The lowest BCUT2D eigenvalue weighted by Crippen LogP contribution is -2.46. The standard InChI is InChI=1S/C15H26N2OS/c1-11-6-5-7-17(13(11)9-18)8-12-10-19-14(16-12)15(2,3)4/h10-11,13,18H,5-9H2,1-4H3. The number of rotatable bonds is 3. The first-order valence-corrected chi connectivity index (χ1v) is 8.09. The van der Waals surface area contributed by atoms with Gasteiger partial charge in [0.05, 0.1) is 17.3 Å². The molecule has 0 spiro atoms. The van der Waals surface area contributed by atoms with Crippen LogP contribution in [0.5, 0.6) is 0 Å². The molecule has 108 valence electrons. The number of likely N-dealkylation sites (tertiary alicyclic amines) is 1. The molecule has 0 aromatic carbocycles. The van der Waals surface area contributed by atoms with E-state index in [9.17, 15) is 5.11 Å². The lowest BCUT2D eigenvalue weighted by Gasteiger charge is -2.38. The molecule has 1 aromatic heterocycles. The highest BCUT2D eigenvalue weighted by Crippen LogP contribution is 2.28. The molecule has 2 heterocycles. The van der Waals surface area contributed by atoms with Crippen LogP contribution in [0, 0.1) is 5.92 Å². The van der Waals surface area contributed by atoms with E-state index in [2.05, 4.69) is 38.0 Å². The lowest BCUT2D eigenvalue weighted by atomic mass is 9.91. The molecule has 0 amide bonds. The van der Waals surface area contributed by atoms with Crippen LogP contribution in [0.25, 0.3) is 0 Å². The van der Waals surface area contributed by atoms with Gasteiger partial charge in [0.25, 0.3) is 0 Å². The average molecular weight is 282 g/mol. The van der Waals surface area contributed by atoms with Gasteiger partial charge in [0, 0.05) is 23.4 Å². The van der Waals surface area contributed by atoms with Gasteiger partial charge in [-0.25, -0.2) is 4.98 Å². The molecular formula is C15H26N2OS. The van der Waals surface area contributed by atoms with Gasteiger partial charge in [-0.05, 0) is 25.3 Å². The Morgan fingerprint density at radius 2 is 2.21 bits per heavy atom. The van der Waals surface area contributed by atoms with E-state index in [1.807, 2.05) is 0 Å². The zero-order valence-corrected chi connectivity index (χ0v) is 13.3. The van der Waals surface area contributed by atoms with E-state index in [1.54, 1.807) is 11.3 Å². The maximum atomic E-state index is 9.58. The number of piperidine rings is 1. The van der Waals surface area contributed by atoms with Gasteiger partial charge < -0.3 is 5.11 Å². The van der Waals surface area contributed by atoms with Crippen molar-refractivity contribution in [1.82, 2.24) is 9.88 Å². The Hall–Kier alpha value is -0.450. The second-order valence-corrected chi connectivity index (χ2v) is 7.59. The summed E-state index contributed by atoms with van der Waals surface area (Å²) < 4.78 is 0. The van der Waals surface area contributed by atoms with Crippen LogP contribution < -0.4 is 0 Å². The van der Waals surface area contributed by atoms with Crippen LogP contribution in [0.15, 0.2) is 5.38 Å². The number of aromatic nitrogens is 1. The smallest absolute Gasteiger partial charge is 0.0982 e. The molecule has 1 aliphatic rings. The van der Waals surface area contributed by atoms with Gasteiger partial charge in [0.1, 0.15) is 0 Å². The average Bonchev–Trinajstić information content (AvgIpc) is 2.77. The maximum Gasteiger partial charge on any atom is 0.0982 e. The van der Waals surface area contributed by atoms with Crippen LogP contribution in [0.4, 0.5) is 0 Å². The highest BCUT2D eigenvalue weighted by atomic mass is 32.1. The Labute approximate surface area is 120 Å². The van der Waals surface area contributed by atoms with Crippen LogP contribution in [-0.4, -0.2) is 34.2 Å². The van der Waals surface area contributed by atoms with E-state index < -0.39 is 0 Å². The molecule has 0 radical (unpaired) electrons. The van der Waals surface area contributed by atoms with Crippen molar-refractivity contribution in [2.45, 2.75) is 58.5 Å². The lowest BCUT2D eigenvalue weighted by molar-refractivity contribution is 0.0464. The van der Waals surface area contributed by atoms with Crippen molar-refractivity contribution in [3.63, 3.8) is 0 Å². The van der Waals surface area contributed by atoms with Gasteiger partial charge in [-0.2, -0.15) is 0 Å². The molecule has 3 nitrogen and oxygen atoms in total. The molecule has 2 rings (SSSR count). The first-order chi connectivity index (χ1) is 8.91. The maximum absolute atomic E-state index is 9.58. The Balaban J connectivity index is 2.05. The van der Waals surface area contributed by atoms with Crippen molar-refractivity contribution in [2.24, 2.45) is 5.92 Å². The third-order valence-electron chi connectivity index (χ3n) is 3.98. The summed E-state index contributed by atoms with van der Waals surface area (Å²) in [5.74, 6) is 0.583. The minimum atomic E-state index is 0.133. The van der Waals surface area contributed by atoms with Crippen molar-refractivity contribution < 1.29 is 5.11 Å². The molecule has 1 aromatic rings. The van der Waals surface area contributed by atoms with Crippen molar-refractivity contribution in [1.29, 1.82) is 0 Å². The van der Waals surface area contributed by atoms with E-state index in [0.717, 1.165) is 18.8 Å². The second kappa shape index (κ2) is 5.90. The predicted molar refractivity (Wildman–Crippen MR) is 80.5 cm³/mol. The van der Waals surface area contributed by atoms with Crippen molar-refractivity contribution in [3.05, 3.63) is 16.1 Å². The molecule has 1 N–H and O–H groups in total. The number of aliphatic hydroxyl groups is 1. The quantitative estimate of drug-likeness (QED) is 0.926. The monoisotopic (exact) mass is 282 g/mol. The number of hydrogen-bond donors (Lipinski definition) is 1. The number of thiazole rings is 1. The van der Waals surface area contributed by atoms with E-state index in [-0.39, 0.29) is 12.0 Å². The molecule has 0 saturated carbocycles. The summed E-state index contributed by atoms with van der Waals surface area (Å²) in [5.41, 5.74) is 1.29. The van der Waals surface area contributed by atoms with Crippen LogP contribution in [0.2, 0.25) is 0 Å². The van der Waals surface area contributed by atoms with Gasteiger partial charge >= 0.3 is 0 Å². The number of nitrogens with zero attached hydrogens (tertiary/aromatic N) is 2. The molecule has 1 saturated heterocycles. The fourth-order valence-electron chi connectivity index (χ4n) is 2.76. The van der Waals surface area contributed by atoms with Crippen molar-refractivity contribution in [3.8, 4) is 0 Å². The Kier molecular flexibility index (Phi) is 4.64. The van der Waals surface area contributed by atoms with Crippen LogP contribution in [0.3, 0.4) is 0 Å². The molecule has 2 atom stereocenters. The minimum Gasteiger partial charge on any atom is -0.395 e. The number of aliphatic hydroxyl groups excluding tert-OH is 1. The summed E-state index contributed by atoms with van der Waals surface area (Å²) in [5, 5.41) is 13.0. The molecule has 19 heavy (non-hydrogen) atoms. The second-order valence-electron chi connectivity index (χ2n) is 6.73. The summed E-state index contributed by atoms with van der Waals surface area (Å²) in [6.45, 7) is 11.1. The van der Waals surface area contributed by atoms with E-state index >= 15 is 0 Å². The Bertz CT molecular complexity index is 411. The molecule has 0 bridgehead atoms. The highest BCUT2D eigenvalue weighted by Gasteiger charge is 2.28. The minimum absolute atomic E-state index is 0.133. The van der Waals surface area contributed by atoms with E-state index in [1.165, 1.54) is 17.8 Å². The van der Waals surface area contributed by atoms with Gasteiger partial charge in [-0.15, -0.1) is 11.3 Å². The summed E-state index contributed by atoms with van der Waals surface area (Å²) in [6.07, 6.45) is 2.46. The predicted octanol–water partition coefficient (Wildman–Crippen LogP) is 3.03. The molecule has 1 fully saturated rings.